The van der Waals surface area contributed by atoms with E-state index in [4.69, 9.17) is 0 Å². The van der Waals surface area contributed by atoms with Crippen LogP contribution in [0.1, 0.15) is 113 Å². The Balaban J connectivity index is 1.65. The van der Waals surface area contributed by atoms with Gasteiger partial charge < -0.3 is 0 Å². The van der Waals surface area contributed by atoms with Crippen molar-refractivity contribution < 1.29 is 43.7 Å². The summed E-state index contributed by atoms with van der Waals surface area (Å²) in [4.78, 5) is 31.8. The molecule has 6 rings (SSSR count). The van der Waals surface area contributed by atoms with Gasteiger partial charge in [0, 0.05) is 0 Å². The van der Waals surface area contributed by atoms with Gasteiger partial charge in [-0.15, -0.1) is 0 Å². The van der Waals surface area contributed by atoms with Crippen LogP contribution in [0.2, 0.25) is 0 Å². The number of unbranched alkanes of at least 4 members (excludes halogenated alkanes) is 2. The molecule has 0 bridgehead atoms. The van der Waals surface area contributed by atoms with Crippen LogP contribution in [0.3, 0.4) is 0 Å². The van der Waals surface area contributed by atoms with Gasteiger partial charge in [0.2, 0.25) is 0 Å². The zero-order valence-corrected chi connectivity index (χ0v) is 37.5. The Morgan fingerprint density at radius 3 is 1.30 bits per heavy atom. The number of amides is 2. The molecule has 320 valence electrons. The molecule has 0 saturated heterocycles. The van der Waals surface area contributed by atoms with Crippen LogP contribution in [0, 0.1) is 35.1 Å². The van der Waals surface area contributed by atoms with E-state index in [0.717, 1.165) is 63.5 Å². The van der Waals surface area contributed by atoms with Crippen LogP contribution in [0.15, 0.2) is 129 Å². The SMILES string of the molecule is CCCCC(CC)CN(C(=O)c1ccccc1)c1ccc(F)[c]([Ti]([C]2=CC=CC2)([C]2=CC=CC2)[c]2c(F)ccc(N(CC(CC)CCCC)C(=O)c3ccccc3)c2F)c1F. The number of hydrogen-bond acceptors (Lipinski definition) is 2. The number of anilines is 2. The van der Waals surface area contributed by atoms with Gasteiger partial charge in [-0.25, -0.2) is 0 Å². The first-order valence-corrected chi connectivity index (χ1v) is 25.2. The van der Waals surface area contributed by atoms with Gasteiger partial charge >= 0.3 is 365 Å². The molecular weight excluding hydrogens is 808 g/mol. The molecule has 2 amide bonds. The predicted octanol–water partition coefficient (Wildman–Crippen LogP) is 12.8. The van der Waals surface area contributed by atoms with Crippen LogP contribution in [-0.4, -0.2) is 24.9 Å². The summed E-state index contributed by atoms with van der Waals surface area (Å²) in [6.45, 7) is 8.60. The third kappa shape index (κ3) is 9.66. The number of benzene rings is 4. The summed E-state index contributed by atoms with van der Waals surface area (Å²) in [7, 11) is 0. The van der Waals surface area contributed by atoms with E-state index in [1.807, 2.05) is 26.0 Å². The molecule has 0 aromatic heterocycles. The van der Waals surface area contributed by atoms with Crippen molar-refractivity contribution >= 4 is 30.9 Å². The fourth-order valence-corrected chi connectivity index (χ4v) is 17.3. The summed E-state index contributed by atoms with van der Waals surface area (Å²) in [5.41, 5.74) is 0.419. The summed E-state index contributed by atoms with van der Waals surface area (Å²) in [6, 6.07) is 22.1. The second-order valence-electron chi connectivity index (χ2n) is 16.3. The number of halogens is 4. The van der Waals surface area contributed by atoms with Crippen molar-refractivity contribution in [3.05, 3.63) is 164 Å². The molecule has 2 aliphatic carbocycles. The minimum atomic E-state index is -5.40. The minimum absolute atomic E-state index is 0.0132. The third-order valence-electron chi connectivity index (χ3n) is 12.5. The molecule has 2 aliphatic rings. The molecule has 9 heteroatoms. The molecule has 2 unspecified atom stereocenters. The zero-order valence-electron chi connectivity index (χ0n) is 35.9. The van der Waals surface area contributed by atoms with Gasteiger partial charge in [0.25, 0.3) is 0 Å². The van der Waals surface area contributed by atoms with Crippen LogP contribution < -0.4 is 17.5 Å². The van der Waals surface area contributed by atoms with Gasteiger partial charge in [0.05, 0.1) is 0 Å². The molecule has 4 aromatic carbocycles. The second kappa shape index (κ2) is 21.3. The molecule has 0 heterocycles. The molecule has 61 heavy (non-hydrogen) atoms. The molecule has 0 N–H and O–H groups in total. The Labute approximate surface area is 363 Å². The van der Waals surface area contributed by atoms with Gasteiger partial charge in [-0.3, -0.25) is 0 Å². The van der Waals surface area contributed by atoms with Crippen LogP contribution in [-0.2, 0) is 16.6 Å². The number of hydrogen-bond donors (Lipinski definition) is 0. The van der Waals surface area contributed by atoms with E-state index in [0.29, 0.717) is 18.9 Å². The van der Waals surface area contributed by atoms with Crippen molar-refractivity contribution in [2.75, 3.05) is 22.9 Å². The first-order valence-electron chi connectivity index (χ1n) is 22.0. The Hall–Kier alpha value is -4.79. The van der Waals surface area contributed by atoms with E-state index >= 15 is 17.6 Å². The monoisotopic (exact) mass is 866 g/mol. The fourth-order valence-electron chi connectivity index (χ4n) is 9.02. The Morgan fingerprint density at radius 1 is 0.574 bits per heavy atom. The summed E-state index contributed by atoms with van der Waals surface area (Å²) in [6.07, 6.45) is 18.0. The number of nitrogens with zero attached hydrogens (tertiary/aromatic N) is 2. The van der Waals surface area contributed by atoms with Crippen molar-refractivity contribution in [1.82, 2.24) is 0 Å². The molecule has 0 spiro atoms. The molecule has 0 radical (unpaired) electrons. The standard InChI is InChI=1S/2C21H24F2NO.2C5H5.Ti/c2*1-3-5-9-16(4-2)15-24(20-13-12-18(22)14-19(20)23)21(25)17-10-7-6-8-11-17;2*1-2-4-5-3-1;/h2*6-8,10-13,16H,3-5,9,15H2,1-2H3;2*1-3H,4H2;. The average molecular weight is 867 g/mol. The van der Waals surface area contributed by atoms with Crippen LogP contribution in [0.5, 0.6) is 0 Å². The summed E-state index contributed by atoms with van der Waals surface area (Å²) >= 11 is -5.40. The Morgan fingerprint density at radius 2 is 0.967 bits per heavy atom. The molecule has 4 nitrogen and oxygen atoms in total. The number of rotatable bonds is 20. The molecule has 0 aliphatic heterocycles. The molecule has 4 aromatic rings. The van der Waals surface area contributed by atoms with Gasteiger partial charge in [0.15, 0.2) is 0 Å². The van der Waals surface area contributed by atoms with E-state index in [1.165, 1.54) is 21.9 Å². The van der Waals surface area contributed by atoms with Crippen LogP contribution >= 0.6 is 0 Å². The predicted molar refractivity (Wildman–Crippen MR) is 239 cm³/mol. The number of allylic oxidation sites excluding steroid dienone is 8. The summed E-state index contributed by atoms with van der Waals surface area (Å²) in [5.74, 6) is -4.73. The van der Waals surface area contributed by atoms with E-state index < -0.39 is 51.7 Å². The van der Waals surface area contributed by atoms with Crippen molar-refractivity contribution in [3.63, 3.8) is 0 Å². The van der Waals surface area contributed by atoms with E-state index in [-0.39, 0.29) is 56.9 Å². The van der Waals surface area contributed by atoms with Crippen LogP contribution in [0.25, 0.3) is 0 Å². The van der Waals surface area contributed by atoms with Gasteiger partial charge in [-0.05, 0) is 0 Å². The normalized spacial score (nSPS) is 14.5. The van der Waals surface area contributed by atoms with Crippen molar-refractivity contribution in [3.8, 4) is 0 Å². The second-order valence-corrected chi connectivity index (χ2v) is 22.2. The topological polar surface area (TPSA) is 40.6 Å². The average Bonchev–Trinajstić information content (AvgIpc) is 4.04. The Kier molecular flexibility index (Phi) is 16.0. The fraction of sp³-hybridized carbons (Fsp3) is 0.346. The van der Waals surface area contributed by atoms with Crippen molar-refractivity contribution in [1.29, 1.82) is 0 Å². The quantitative estimate of drug-likeness (QED) is 0.0656. The van der Waals surface area contributed by atoms with Gasteiger partial charge in [-0.1, -0.05) is 0 Å². The summed E-state index contributed by atoms with van der Waals surface area (Å²) in [5, 5.41) is 0. The van der Waals surface area contributed by atoms with Gasteiger partial charge in [-0.2, -0.15) is 0 Å². The van der Waals surface area contributed by atoms with Crippen molar-refractivity contribution in [2.45, 2.75) is 91.9 Å². The van der Waals surface area contributed by atoms with Crippen LogP contribution in [0.4, 0.5) is 28.9 Å². The Bertz CT molecular complexity index is 2130. The molecule has 0 saturated carbocycles. The van der Waals surface area contributed by atoms with E-state index in [9.17, 15) is 9.59 Å². The molecular formula is C52H58F4N2O2Ti. The maximum absolute atomic E-state index is 18.4. The maximum atomic E-state index is 18.4. The first-order chi connectivity index (χ1) is 29.6. The summed E-state index contributed by atoms with van der Waals surface area (Å²) < 4.78 is 71.7. The molecule has 2 atom stereocenters. The van der Waals surface area contributed by atoms with Crippen molar-refractivity contribution in [2.24, 2.45) is 11.8 Å². The van der Waals surface area contributed by atoms with E-state index in [2.05, 4.69) is 13.8 Å². The number of carbonyl (C=O) groups is 2. The number of carbonyl (C=O) groups excluding carboxylic acids is 2. The van der Waals surface area contributed by atoms with E-state index in [1.54, 1.807) is 85.0 Å². The van der Waals surface area contributed by atoms with Gasteiger partial charge in [0.1, 0.15) is 0 Å². The molecule has 0 fully saturated rings. The zero-order chi connectivity index (χ0) is 43.5. The third-order valence-corrected chi connectivity index (χ3v) is 20.4. The first kappa shape index (κ1) is 45.7.